The second kappa shape index (κ2) is 7.28. The summed E-state index contributed by atoms with van der Waals surface area (Å²) in [7, 11) is 0. The molecule has 0 radical (unpaired) electrons. The van der Waals surface area contributed by atoms with Crippen molar-refractivity contribution in [3.63, 3.8) is 0 Å². The van der Waals surface area contributed by atoms with Crippen LogP contribution in [0.25, 0.3) is 0 Å². The normalized spacial score (nSPS) is 11.5. The fourth-order valence-electron chi connectivity index (χ4n) is 1.26. The minimum atomic E-state index is 0.522. The molecule has 0 saturated heterocycles. The lowest BCUT2D eigenvalue weighted by atomic mass is 10.2. The van der Waals surface area contributed by atoms with Crippen molar-refractivity contribution >= 4 is 21.9 Å². The number of aliphatic imine (C=N–C) groups is 1. The molecule has 0 heterocycles. The molecule has 0 aromatic heterocycles. The quantitative estimate of drug-likeness (QED) is 0.496. The molecule has 0 unspecified atom stereocenters. The van der Waals surface area contributed by atoms with Crippen molar-refractivity contribution < 1.29 is 0 Å². The predicted molar refractivity (Wildman–Crippen MR) is 72.4 cm³/mol. The highest BCUT2D eigenvalue weighted by Crippen LogP contribution is 2.12. The fourth-order valence-corrected chi connectivity index (χ4v) is 1.71. The molecule has 88 valence electrons. The Kier molecular flexibility index (Phi) is 5.93. The highest BCUT2D eigenvalue weighted by Gasteiger charge is 1.94. The second-order valence-corrected chi connectivity index (χ2v) is 4.53. The SMILES string of the molecule is CCCCNC(N)=NCc1cccc(Br)c1. The van der Waals surface area contributed by atoms with E-state index in [9.17, 15) is 0 Å². The summed E-state index contributed by atoms with van der Waals surface area (Å²) >= 11 is 3.43. The number of nitrogens with one attached hydrogen (secondary N) is 1. The van der Waals surface area contributed by atoms with Crippen molar-refractivity contribution in [3.8, 4) is 0 Å². The van der Waals surface area contributed by atoms with Gasteiger partial charge in [-0.3, -0.25) is 0 Å². The summed E-state index contributed by atoms with van der Waals surface area (Å²) in [6.07, 6.45) is 2.28. The van der Waals surface area contributed by atoms with Crippen LogP contribution in [0.4, 0.5) is 0 Å². The molecular weight excluding hydrogens is 266 g/mol. The summed E-state index contributed by atoms with van der Waals surface area (Å²) in [6.45, 7) is 3.66. The number of unbranched alkanes of at least 4 members (excludes halogenated alkanes) is 1. The third-order valence-electron chi connectivity index (χ3n) is 2.16. The lowest BCUT2D eigenvalue weighted by molar-refractivity contribution is 0.748. The van der Waals surface area contributed by atoms with Gasteiger partial charge in [-0.15, -0.1) is 0 Å². The number of benzene rings is 1. The summed E-state index contributed by atoms with van der Waals surface area (Å²) in [6, 6.07) is 8.07. The van der Waals surface area contributed by atoms with Crippen LogP contribution in [0, 0.1) is 0 Å². The number of hydrogen-bond donors (Lipinski definition) is 2. The van der Waals surface area contributed by atoms with Crippen LogP contribution in [0.2, 0.25) is 0 Å². The third kappa shape index (κ3) is 5.16. The van der Waals surface area contributed by atoms with Crippen LogP contribution < -0.4 is 11.1 Å². The lowest BCUT2D eigenvalue weighted by Crippen LogP contribution is -2.32. The molecule has 1 aromatic rings. The largest absolute Gasteiger partial charge is 0.370 e. The van der Waals surface area contributed by atoms with Gasteiger partial charge in [-0.1, -0.05) is 41.4 Å². The molecule has 16 heavy (non-hydrogen) atoms. The van der Waals surface area contributed by atoms with E-state index in [1.54, 1.807) is 0 Å². The highest BCUT2D eigenvalue weighted by molar-refractivity contribution is 9.10. The molecule has 3 nitrogen and oxygen atoms in total. The van der Waals surface area contributed by atoms with E-state index in [0.29, 0.717) is 12.5 Å². The van der Waals surface area contributed by atoms with Crippen LogP contribution in [-0.2, 0) is 6.54 Å². The van der Waals surface area contributed by atoms with Crippen molar-refractivity contribution in [2.45, 2.75) is 26.3 Å². The Morgan fingerprint density at radius 2 is 2.31 bits per heavy atom. The van der Waals surface area contributed by atoms with Gasteiger partial charge in [0, 0.05) is 11.0 Å². The summed E-state index contributed by atoms with van der Waals surface area (Å²) in [5.41, 5.74) is 6.88. The maximum atomic E-state index is 5.73. The van der Waals surface area contributed by atoms with E-state index in [0.717, 1.165) is 29.4 Å². The van der Waals surface area contributed by atoms with E-state index in [1.807, 2.05) is 24.3 Å². The number of nitrogens with two attached hydrogens (primary N) is 1. The van der Waals surface area contributed by atoms with Gasteiger partial charge in [-0.2, -0.15) is 0 Å². The van der Waals surface area contributed by atoms with Gasteiger partial charge in [0.25, 0.3) is 0 Å². The molecule has 4 heteroatoms. The minimum absolute atomic E-state index is 0.522. The molecular formula is C12H18BrN3. The summed E-state index contributed by atoms with van der Waals surface area (Å²) in [4.78, 5) is 4.27. The Bertz CT molecular complexity index is 350. The van der Waals surface area contributed by atoms with E-state index in [-0.39, 0.29) is 0 Å². The topological polar surface area (TPSA) is 50.4 Å². The fraction of sp³-hybridized carbons (Fsp3) is 0.417. The zero-order chi connectivity index (χ0) is 11.8. The summed E-state index contributed by atoms with van der Waals surface area (Å²) in [5.74, 6) is 0.522. The molecule has 0 amide bonds. The molecule has 0 spiro atoms. The van der Waals surface area contributed by atoms with E-state index < -0.39 is 0 Å². The first-order valence-electron chi connectivity index (χ1n) is 5.50. The zero-order valence-corrected chi connectivity index (χ0v) is 11.1. The number of guanidine groups is 1. The Balaban J connectivity index is 2.40. The van der Waals surface area contributed by atoms with Crippen molar-refractivity contribution in [2.24, 2.45) is 10.7 Å². The molecule has 0 aliphatic carbocycles. The van der Waals surface area contributed by atoms with E-state index in [2.05, 4.69) is 33.2 Å². The number of hydrogen-bond acceptors (Lipinski definition) is 1. The molecule has 1 rings (SSSR count). The molecule has 0 aliphatic rings. The molecule has 0 saturated carbocycles. The van der Waals surface area contributed by atoms with Crippen molar-refractivity contribution in [1.29, 1.82) is 0 Å². The molecule has 0 fully saturated rings. The maximum Gasteiger partial charge on any atom is 0.188 e. The first-order valence-corrected chi connectivity index (χ1v) is 6.30. The predicted octanol–water partition coefficient (Wildman–Crippen LogP) is 2.65. The smallest absolute Gasteiger partial charge is 0.188 e. The van der Waals surface area contributed by atoms with Gasteiger partial charge in [0.05, 0.1) is 6.54 Å². The van der Waals surface area contributed by atoms with Gasteiger partial charge in [0.2, 0.25) is 0 Å². The van der Waals surface area contributed by atoms with Crippen molar-refractivity contribution in [1.82, 2.24) is 5.32 Å². The summed E-state index contributed by atoms with van der Waals surface area (Å²) < 4.78 is 1.07. The van der Waals surface area contributed by atoms with Gasteiger partial charge in [0.15, 0.2) is 5.96 Å². The lowest BCUT2D eigenvalue weighted by Gasteiger charge is -2.04. The maximum absolute atomic E-state index is 5.73. The van der Waals surface area contributed by atoms with Gasteiger partial charge in [0.1, 0.15) is 0 Å². The van der Waals surface area contributed by atoms with Gasteiger partial charge in [-0.25, -0.2) is 4.99 Å². The Hall–Kier alpha value is -1.03. The average molecular weight is 284 g/mol. The van der Waals surface area contributed by atoms with Crippen molar-refractivity contribution in [2.75, 3.05) is 6.54 Å². The van der Waals surface area contributed by atoms with Crippen molar-refractivity contribution in [3.05, 3.63) is 34.3 Å². The van der Waals surface area contributed by atoms with Crippen LogP contribution in [-0.4, -0.2) is 12.5 Å². The van der Waals surface area contributed by atoms with Gasteiger partial charge >= 0.3 is 0 Å². The van der Waals surface area contributed by atoms with Crippen LogP contribution in [0.15, 0.2) is 33.7 Å². The number of rotatable bonds is 5. The Morgan fingerprint density at radius 1 is 1.50 bits per heavy atom. The third-order valence-corrected chi connectivity index (χ3v) is 2.65. The summed E-state index contributed by atoms with van der Waals surface area (Å²) in [5, 5.41) is 3.08. The first-order chi connectivity index (χ1) is 7.72. The average Bonchev–Trinajstić information content (AvgIpc) is 2.27. The molecule has 3 N–H and O–H groups in total. The van der Waals surface area contributed by atoms with Gasteiger partial charge in [-0.05, 0) is 24.1 Å². The first kappa shape index (κ1) is 13.0. The molecule has 0 aliphatic heterocycles. The molecule has 1 aromatic carbocycles. The number of halogens is 1. The zero-order valence-electron chi connectivity index (χ0n) is 9.54. The molecule has 0 bridgehead atoms. The van der Waals surface area contributed by atoms with Crippen LogP contribution in [0.1, 0.15) is 25.3 Å². The van der Waals surface area contributed by atoms with E-state index >= 15 is 0 Å². The van der Waals surface area contributed by atoms with E-state index in [1.165, 1.54) is 0 Å². The standard InChI is InChI=1S/C12H18BrN3/c1-2-3-7-15-12(14)16-9-10-5-4-6-11(13)8-10/h4-6,8H,2-3,7,9H2,1H3,(H3,14,15,16). The van der Waals surface area contributed by atoms with E-state index in [4.69, 9.17) is 5.73 Å². The Labute approximate surface area is 105 Å². The van der Waals surface area contributed by atoms with Crippen LogP contribution in [0.5, 0.6) is 0 Å². The molecule has 0 atom stereocenters. The Morgan fingerprint density at radius 3 is 3.00 bits per heavy atom. The van der Waals surface area contributed by atoms with Crippen LogP contribution in [0.3, 0.4) is 0 Å². The minimum Gasteiger partial charge on any atom is -0.370 e. The van der Waals surface area contributed by atoms with Gasteiger partial charge < -0.3 is 11.1 Å². The monoisotopic (exact) mass is 283 g/mol. The number of nitrogens with zero attached hydrogens (tertiary/aromatic N) is 1. The highest BCUT2D eigenvalue weighted by atomic mass is 79.9. The second-order valence-electron chi connectivity index (χ2n) is 3.61. The van der Waals surface area contributed by atoms with Crippen LogP contribution >= 0.6 is 15.9 Å².